The predicted octanol–water partition coefficient (Wildman–Crippen LogP) is 1.41. The van der Waals surface area contributed by atoms with E-state index in [2.05, 4.69) is 0 Å². The molecule has 0 aliphatic carbocycles. The molecule has 2 fully saturated rings. The molecule has 0 radical (unpaired) electrons. The third-order valence-electron chi connectivity index (χ3n) is 6.17. The lowest BCUT2D eigenvalue weighted by Crippen LogP contribution is -2.69. The van der Waals surface area contributed by atoms with E-state index in [0.717, 1.165) is 0 Å². The number of carbonyl (C=O) groups is 4. The van der Waals surface area contributed by atoms with Crippen molar-refractivity contribution in [2.75, 3.05) is 37.7 Å². The number of hydrogen-bond acceptors (Lipinski definition) is 6. The van der Waals surface area contributed by atoms with Gasteiger partial charge in [-0.2, -0.15) is 0 Å². The van der Waals surface area contributed by atoms with Crippen LogP contribution in [0.1, 0.15) is 44.0 Å². The van der Waals surface area contributed by atoms with Crippen molar-refractivity contribution in [3.8, 4) is 0 Å². The normalized spacial score (nSPS) is 25.1. The summed E-state index contributed by atoms with van der Waals surface area (Å²) in [6, 6.07) is 6.80. The zero-order chi connectivity index (χ0) is 23.0. The number of hydrogen-bond donors (Lipinski definition) is 0. The summed E-state index contributed by atoms with van der Waals surface area (Å²) >= 11 is 0. The molecule has 0 bridgehead atoms. The third kappa shape index (κ3) is 3.64. The maximum atomic E-state index is 13.5. The molecule has 0 spiro atoms. The Kier molecular flexibility index (Phi) is 5.94. The molecule has 2 saturated heterocycles. The number of morpholine rings is 1. The summed E-state index contributed by atoms with van der Waals surface area (Å²) in [5.41, 5.74) is -0.791. The van der Waals surface area contributed by atoms with Gasteiger partial charge in [0.15, 0.2) is 6.61 Å². The average Bonchev–Trinajstić information content (AvgIpc) is 3.13. The van der Waals surface area contributed by atoms with Crippen LogP contribution in [-0.4, -0.2) is 78.1 Å². The van der Waals surface area contributed by atoms with Crippen LogP contribution < -0.4 is 4.90 Å². The first-order valence-electron chi connectivity index (χ1n) is 11.1. The van der Waals surface area contributed by atoms with Crippen molar-refractivity contribution in [2.24, 2.45) is 5.92 Å². The molecule has 2 unspecified atom stereocenters. The zero-order valence-corrected chi connectivity index (χ0v) is 18.7. The molecule has 3 amide bonds. The van der Waals surface area contributed by atoms with Crippen LogP contribution in [0.5, 0.6) is 0 Å². The van der Waals surface area contributed by atoms with Gasteiger partial charge in [0.1, 0.15) is 0 Å². The van der Waals surface area contributed by atoms with Crippen molar-refractivity contribution < 1.29 is 28.7 Å². The fourth-order valence-electron chi connectivity index (χ4n) is 4.75. The Labute approximate surface area is 187 Å². The molecular formula is C23H29N3O6. The van der Waals surface area contributed by atoms with Crippen LogP contribution in [0, 0.1) is 5.92 Å². The predicted molar refractivity (Wildman–Crippen MR) is 115 cm³/mol. The summed E-state index contributed by atoms with van der Waals surface area (Å²) in [4.78, 5) is 57.0. The van der Waals surface area contributed by atoms with Crippen LogP contribution in [0.4, 0.5) is 5.69 Å². The summed E-state index contributed by atoms with van der Waals surface area (Å²) in [7, 11) is 0. The average molecular weight is 444 g/mol. The molecule has 172 valence electrons. The Hall–Kier alpha value is -2.94. The molecule has 3 aliphatic rings. The lowest BCUT2D eigenvalue weighted by Gasteiger charge is -2.48. The van der Waals surface area contributed by atoms with Crippen LogP contribution in [0.2, 0.25) is 0 Å². The SMILES string of the molecule is CC(C)CN1C(=O)c2ccccc2N2C(=O)CCC12C(=O)OCC(=O)N1CCOC(C)C1. The van der Waals surface area contributed by atoms with E-state index >= 15 is 0 Å². The number of benzene rings is 1. The van der Waals surface area contributed by atoms with Gasteiger partial charge in [0.25, 0.3) is 11.8 Å². The number of anilines is 1. The largest absolute Gasteiger partial charge is 0.452 e. The van der Waals surface area contributed by atoms with Gasteiger partial charge in [0.2, 0.25) is 11.6 Å². The van der Waals surface area contributed by atoms with Gasteiger partial charge in [-0.25, -0.2) is 4.79 Å². The van der Waals surface area contributed by atoms with Crippen LogP contribution >= 0.6 is 0 Å². The second-order valence-electron chi connectivity index (χ2n) is 8.97. The van der Waals surface area contributed by atoms with Gasteiger partial charge < -0.3 is 19.3 Å². The van der Waals surface area contributed by atoms with Crippen molar-refractivity contribution in [2.45, 2.75) is 45.4 Å². The first-order chi connectivity index (χ1) is 15.3. The van der Waals surface area contributed by atoms with Crippen LogP contribution in [0.25, 0.3) is 0 Å². The monoisotopic (exact) mass is 443 g/mol. The van der Waals surface area contributed by atoms with Gasteiger partial charge in [-0.1, -0.05) is 26.0 Å². The second-order valence-corrected chi connectivity index (χ2v) is 8.97. The van der Waals surface area contributed by atoms with E-state index in [9.17, 15) is 19.2 Å². The lowest BCUT2D eigenvalue weighted by atomic mass is 9.95. The highest BCUT2D eigenvalue weighted by Crippen LogP contribution is 2.45. The minimum atomic E-state index is -1.58. The number of amides is 3. The summed E-state index contributed by atoms with van der Waals surface area (Å²) in [5, 5.41) is 0. The minimum Gasteiger partial charge on any atom is -0.452 e. The van der Waals surface area contributed by atoms with E-state index in [0.29, 0.717) is 30.9 Å². The molecule has 9 nitrogen and oxygen atoms in total. The number of nitrogens with zero attached hydrogens (tertiary/aromatic N) is 3. The molecule has 0 saturated carbocycles. The summed E-state index contributed by atoms with van der Waals surface area (Å²) in [5.74, 6) is -1.57. The van der Waals surface area contributed by atoms with E-state index in [1.54, 1.807) is 29.2 Å². The molecule has 3 heterocycles. The van der Waals surface area contributed by atoms with Gasteiger partial charge in [-0.05, 0) is 25.0 Å². The zero-order valence-electron chi connectivity index (χ0n) is 18.7. The molecule has 32 heavy (non-hydrogen) atoms. The molecule has 4 rings (SSSR count). The first kappa shape index (κ1) is 22.3. The minimum absolute atomic E-state index is 0.0582. The molecular weight excluding hydrogens is 414 g/mol. The van der Waals surface area contributed by atoms with E-state index in [4.69, 9.17) is 9.47 Å². The molecule has 0 N–H and O–H groups in total. The fourth-order valence-corrected chi connectivity index (χ4v) is 4.75. The Morgan fingerprint density at radius 2 is 2.00 bits per heavy atom. The van der Waals surface area contributed by atoms with E-state index < -0.39 is 18.2 Å². The molecule has 2 atom stereocenters. The Balaban J connectivity index is 1.64. The highest BCUT2D eigenvalue weighted by atomic mass is 16.5. The van der Waals surface area contributed by atoms with E-state index in [1.165, 1.54) is 9.80 Å². The quantitative estimate of drug-likeness (QED) is 0.639. The summed E-state index contributed by atoms with van der Waals surface area (Å²) < 4.78 is 11.0. The van der Waals surface area contributed by atoms with Crippen LogP contribution in [0.3, 0.4) is 0 Å². The van der Waals surface area contributed by atoms with Gasteiger partial charge >= 0.3 is 5.97 Å². The molecule has 9 heteroatoms. The van der Waals surface area contributed by atoms with Crippen molar-refractivity contribution >= 4 is 29.4 Å². The smallest absolute Gasteiger partial charge is 0.354 e. The highest BCUT2D eigenvalue weighted by molar-refractivity contribution is 6.15. The summed E-state index contributed by atoms with van der Waals surface area (Å²) in [6.45, 7) is 6.89. The Bertz CT molecular complexity index is 947. The Morgan fingerprint density at radius 1 is 1.25 bits per heavy atom. The van der Waals surface area contributed by atoms with Crippen molar-refractivity contribution in [3.05, 3.63) is 29.8 Å². The van der Waals surface area contributed by atoms with Crippen molar-refractivity contribution in [3.63, 3.8) is 0 Å². The summed E-state index contributed by atoms with van der Waals surface area (Å²) in [6.07, 6.45) is 0.152. The molecule has 0 aromatic heterocycles. The van der Waals surface area contributed by atoms with Crippen LogP contribution in [0.15, 0.2) is 24.3 Å². The van der Waals surface area contributed by atoms with Gasteiger partial charge in [0, 0.05) is 32.5 Å². The number of fused-ring (bicyclic) bond motifs is 3. The number of esters is 1. The highest BCUT2D eigenvalue weighted by Gasteiger charge is 2.62. The molecule has 3 aliphatic heterocycles. The van der Waals surface area contributed by atoms with E-state index in [-0.39, 0.29) is 49.1 Å². The van der Waals surface area contributed by atoms with Crippen molar-refractivity contribution in [1.29, 1.82) is 0 Å². The lowest BCUT2D eigenvalue weighted by molar-refractivity contribution is -0.164. The standard InChI is InChI=1S/C23H29N3O6/c1-15(2)12-25-21(29)17-6-4-5-7-18(17)26-19(27)8-9-23(25,26)22(30)32-14-20(28)24-10-11-31-16(3)13-24/h4-7,15-16H,8-14H2,1-3H3. The first-order valence-corrected chi connectivity index (χ1v) is 11.1. The maximum Gasteiger partial charge on any atom is 0.354 e. The number of ether oxygens (including phenoxy) is 2. The van der Waals surface area contributed by atoms with E-state index in [1.807, 2.05) is 20.8 Å². The van der Waals surface area contributed by atoms with Crippen LogP contribution in [-0.2, 0) is 23.9 Å². The second kappa shape index (κ2) is 8.54. The number of carbonyl (C=O) groups excluding carboxylic acids is 4. The van der Waals surface area contributed by atoms with Gasteiger partial charge in [0.05, 0.1) is 24.0 Å². The molecule has 1 aromatic carbocycles. The Morgan fingerprint density at radius 3 is 2.72 bits per heavy atom. The van der Waals surface area contributed by atoms with Crippen molar-refractivity contribution in [1.82, 2.24) is 9.80 Å². The van der Waals surface area contributed by atoms with Gasteiger partial charge in [-0.3, -0.25) is 19.3 Å². The number of rotatable bonds is 5. The third-order valence-corrected chi connectivity index (χ3v) is 6.17. The molecule has 1 aromatic rings. The number of para-hydroxylation sites is 1. The fraction of sp³-hybridized carbons (Fsp3) is 0.565. The van der Waals surface area contributed by atoms with Gasteiger partial charge in [-0.15, -0.1) is 0 Å². The topological polar surface area (TPSA) is 96.5 Å². The maximum absolute atomic E-state index is 13.5.